The number of nitrogens with two attached hydrogens (primary N) is 1. The molecule has 2 heterocycles. The van der Waals surface area contributed by atoms with Gasteiger partial charge in [0, 0.05) is 38.3 Å². The molecular formula is C23H36F3N5O2. The van der Waals surface area contributed by atoms with E-state index in [0.717, 1.165) is 13.1 Å². The monoisotopic (exact) mass is 471 g/mol. The molecule has 1 aliphatic rings. The molecule has 10 heteroatoms. The van der Waals surface area contributed by atoms with Gasteiger partial charge in [0.15, 0.2) is 6.23 Å². The lowest BCUT2D eigenvalue weighted by atomic mass is 10.1. The molecule has 1 atom stereocenters. The number of hydrogen-bond donors (Lipinski definition) is 3. The lowest BCUT2D eigenvalue weighted by Crippen LogP contribution is -2.46. The molecular weight excluding hydrogens is 435 g/mol. The molecule has 1 amide bonds. The SMILES string of the molecule is CC.CC.CN.CN1CCN(C(O)c2cccc(NC(=O)c3c(F)cc(F)cc3F)n2)CC1. The number of carbonyl (C=O) groups excluding carboxylic acids is 1. The summed E-state index contributed by atoms with van der Waals surface area (Å²) in [6, 6.07) is 5.45. The Bertz CT molecular complexity index is 824. The van der Waals surface area contributed by atoms with Crippen molar-refractivity contribution in [2.75, 3.05) is 45.6 Å². The number of amides is 1. The van der Waals surface area contributed by atoms with Crippen LogP contribution < -0.4 is 11.1 Å². The molecule has 0 aliphatic carbocycles. The van der Waals surface area contributed by atoms with E-state index in [2.05, 4.69) is 20.9 Å². The Hall–Kier alpha value is -2.53. The van der Waals surface area contributed by atoms with E-state index in [4.69, 9.17) is 0 Å². The highest BCUT2D eigenvalue weighted by atomic mass is 19.1. The van der Waals surface area contributed by atoms with Gasteiger partial charge >= 0.3 is 0 Å². The second kappa shape index (κ2) is 16.1. The average molecular weight is 472 g/mol. The number of hydrogen-bond acceptors (Lipinski definition) is 6. The highest BCUT2D eigenvalue weighted by Crippen LogP contribution is 2.20. The van der Waals surface area contributed by atoms with Crippen LogP contribution in [-0.2, 0) is 0 Å². The van der Waals surface area contributed by atoms with Crippen LogP contribution in [0.1, 0.15) is 50.0 Å². The fraction of sp³-hybridized carbons (Fsp3) is 0.478. The van der Waals surface area contributed by atoms with Crippen LogP contribution in [-0.4, -0.2) is 66.1 Å². The summed E-state index contributed by atoms with van der Waals surface area (Å²) in [5, 5.41) is 12.8. The van der Waals surface area contributed by atoms with Crippen molar-refractivity contribution in [3.8, 4) is 0 Å². The summed E-state index contributed by atoms with van der Waals surface area (Å²) in [5.74, 6) is -4.80. The van der Waals surface area contributed by atoms with Crippen LogP contribution in [0.15, 0.2) is 30.3 Å². The average Bonchev–Trinajstić information content (AvgIpc) is 2.82. The van der Waals surface area contributed by atoms with Crippen LogP contribution in [0.25, 0.3) is 0 Å². The Kier molecular flexibility index (Phi) is 14.9. The predicted molar refractivity (Wildman–Crippen MR) is 125 cm³/mol. The van der Waals surface area contributed by atoms with Crippen molar-refractivity contribution in [2.24, 2.45) is 5.73 Å². The number of aliphatic hydroxyl groups is 1. The van der Waals surface area contributed by atoms with E-state index in [1.54, 1.807) is 12.1 Å². The first-order valence-corrected chi connectivity index (χ1v) is 11.0. The van der Waals surface area contributed by atoms with Gasteiger partial charge in [0.2, 0.25) is 0 Å². The van der Waals surface area contributed by atoms with Crippen molar-refractivity contribution in [1.82, 2.24) is 14.8 Å². The van der Waals surface area contributed by atoms with Gasteiger partial charge in [0.25, 0.3) is 5.91 Å². The van der Waals surface area contributed by atoms with Crippen molar-refractivity contribution in [1.29, 1.82) is 0 Å². The molecule has 2 aromatic rings. The van der Waals surface area contributed by atoms with Crippen LogP contribution in [0.4, 0.5) is 19.0 Å². The van der Waals surface area contributed by atoms with Crippen LogP contribution in [0.3, 0.4) is 0 Å². The lowest BCUT2D eigenvalue weighted by molar-refractivity contribution is -0.0258. The number of aliphatic hydroxyl groups excluding tert-OH is 1. The second-order valence-corrected chi connectivity index (χ2v) is 6.36. The Morgan fingerprint density at radius 3 is 2.06 bits per heavy atom. The lowest BCUT2D eigenvalue weighted by Gasteiger charge is -2.35. The van der Waals surface area contributed by atoms with Gasteiger partial charge in [-0.25, -0.2) is 18.2 Å². The third-order valence-corrected chi connectivity index (χ3v) is 4.39. The number of rotatable bonds is 4. The smallest absolute Gasteiger partial charge is 0.262 e. The minimum atomic E-state index is -1.31. The summed E-state index contributed by atoms with van der Waals surface area (Å²) < 4.78 is 40.5. The van der Waals surface area contributed by atoms with Gasteiger partial charge in [0.05, 0.1) is 5.69 Å². The third-order valence-electron chi connectivity index (χ3n) is 4.39. The molecule has 1 fully saturated rings. The second-order valence-electron chi connectivity index (χ2n) is 6.36. The van der Waals surface area contributed by atoms with Gasteiger partial charge in [-0.2, -0.15) is 0 Å². The largest absolute Gasteiger partial charge is 0.372 e. The van der Waals surface area contributed by atoms with E-state index in [9.17, 15) is 23.1 Å². The zero-order chi connectivity index (χ0) is 25.6. The number of nitrogens with one attached hydrogen (secondary N) is 1. The minimum absolute atomic E-state index is 0.0220. The van der Waals surface area contributed by atoms with Gasteiger partial charge in [-0.15, -0.1) is 0 Å². The Morgan fingerprint density at radius 1 is 1.03 bits per heavy atom. The first kappa shape index (κ1) is 30.5. The quantitative estimate of drug-likeness (QED) is 0.631. The summed E-state index contributed by atoms with van der Waals surface area (Å²) in [4.78, 5) is 20.3. The Balaban J connectivity index is 0.00000158. The number of likely N-dealkylation sites (N-methyl/N-ethyl adjacent to an activating group) is 1. The Morgan fingerprint density at radius 2 is 1.55 bits per heavy atom. The molecule has 186 valence electrons. The van der Waals surface area contributed by atoms with Crippen molar-refractivity contribution in [3.63, 3.8) is 0 Å². The maximum atomic E-state index is 13.7. The first-order chi connectivity index (χ1) is 15.8. The predicted octanol–water partition coefficient (Wildman–Crippen LogP) is 3.62. The van der Waals surface area contributed by atoms with Crippen molar-refractivity contribution < 1.29 is 23.1 Å². The molecule has 3 rings (SSSR count). The molecule has 1 aromatic heterocycles. The van der Waals surface area contributed by atoms with E-state index >= 15 is 0 Å². The third kappa shape index (κ3) is 9.09. The molecule has 1 aliphatic heterocycles. The number of carbonyl (C=O) groups is 1. The van der Waals surface area contributed by atoms with Crippen LogP contribution >= 0.6 is 0 Å². The number of aromatic nitrogens is 1. The van der Waals surface area contributed by atoms with Gasteiger partial charge in [-0.05, 0) is 26.2 Å². The number of nitrogens with zero attached hydrogens (tertiary/aromatic N) is 3. The molecule has 1 unspecified atom stereocenters. The zero-order valence-electron chi connectivity index (χ0n) is 20.2. The molecule has 4 N–H and O–H groups in total. The normalized spacial score (nSPS) is 14.4. The van der Waals surface area contributed by atoms with Crippen LogP contribution in [0.5, 0.6) is 0 Å². The summed E-state index contributed by atoms with van der Waals surface area (Å²) >= 11 is 0. The molecule has 7 nitrogen and oxygen atoms in total. The first-order valence-electron chi connectivity index (χ1n) is 11.0. The van der Waals surface area contributed by atoms with E-state index in [1.807, 2.05) is 39.6 Å². The van der Waals surface area contributed by atoms with Crippen molar-refractivity contribution in [3.05, 3.63) is 59.0 Å². The number of anilines is 1. The molecule has 0 bridgehead atoms. The zero-order valence-corrected chi connectivity index (χ0v) is 20.2. The van der Waals surface area contributed by atoms with Gasteiger partial charge < -0.3 is 21.1 Å². The fourth-order valence-electron chi connectivity index (χ4n) is 2.86. The van der Waals surface area contributed by atoms with Crippen molar-refractivity contribution in [2.45, 2.75) is 33.9 Å². The topological polar surface area (TPSA) is 94.7 Å². The molecule has 0 spiro atoms. The van der Waals surface area contributed by atoms with Gasteiger partial charge in [-0.3, -0.25) is 9.69 Å². The van der Waals surface area contributed by atoms with E-state index in [1.165, 1.54) is 13.1 Å². The van der Waals surface area contributed by atoms with E-state index in [0.29, 0.717) is 30.9 Å². The van der Waals surface area contributed by atoms with E-state index in [-0.39, 0.29) is 5.82 Å². The van der Waals surface area contributed by atoms with Gasteiger partial charge in [0.1, 0.15) is 28.8 Å². The maximum Gasteiger partial charge on any atom is 0.262 e. The summed E-state index contributed by atoms with van der Waals surface area (Å²) in [7, 11) is 3.49. The summed E-state index contributed by atoms with van der Waals surface area (Å²) in [6.45, 7) is 10.9. The van der Waals surface area contributed by atoms with Crippen LogP contribution in [0, 0.1) is 17.5 Å². The fourth-order valence-corrected chi connectivity index (χ4v) is 2.86. The molecule has 0 saturated carbocycles. The van der Waals surface area contributed by atoms with Crippen molar-refractivity contribution >= 4 is 11.7 Å². The summed E-state index contributed by atoms with van der Waals surface area (Å²) in [5.41, 5.74) is 3.90. The maximum absolute atomic E-state index is 13.7. The molecule has 33 heavy (non-hydrogen) atoms. The Labute approximate surface area is 194 Å². The molecule has 1 aromatic carbocycles. The molecule has 1 saturated heterocycles. The summed E-state index contributed by atoms with van der Waals surface area (Å²) in [6.07, 6.45) is -0.963. The minimum Gasteiger partial charge on any atom is -0.372 e. The number of pyridine rings is 1. The van der Waals surface area contributed by atoms with E-state index < -0.39 is 35.2 Å². The van der Waals surface area contributed by atoms with Crippen LogP contribution in [0.2, 0.25) is 0 Å². The number of halogens is 3. The number of benzene rings is 1. The highest BCUT2D eigenvalue weighted by molar-refractivity contribution is 6.04. The standard InChI is InChI=1S/C18H19F3N4O2.2C2H6.CH5N/c1-24-5-7-25(8-6-24)18(27)14-3-2-4-15(22-14)23-17(26)16-12(20)9-11(19)10-13(16)21;3*1-2/h2-4,9-10,18,27H,5-8H2,1H3,(H,22,23,26);2*1-2H3;2H2,1H3. The number of piperazine rings is 1. The highest BCUT2D eigenvalue weighted by Gasteiger charge is 2.24. The molecule has 0 radical (unpaired) electrons. The van der Waals surface area contributed by atoms with Gasteiger partial charge in [-0.1, -0.05) is 33.8 Å².